The molecule has 8 bridgehead atoms. The van der Waals surface area contributed by atoms with Crippen LogP contribution in [0.4, 0.5) is 0 Å². The Morgan fingerprint density at radius 2 is 0.912 bits per heavy atom. The number of guanidine groups is 3. The van der Waals surface area contributed by atoms with Crippen molar-refractivity contribution in [1.82, 2.24) is 19.9 Å². The van der Waals surface area contributed by atoms with Crippen molar-refractivity contribution < 1.29 is 14.4 Å². The Labute approximate surface area is 329 Å². The lowest BCUT2D eigenvalue weighted by atomic mass is 9.97. The highest BCUT2D eigenvalue weighted by atomic mass is 16.1. The van der Waals surface area contributed by atoms with E-state index in [4.69, 9.17) is 61.6 Å². The van der Waals surface area contributed by atoms with E-state index in [-0.39, 0.29) is 47.2 Å². The Kier molecular flexibility index (Phi) is 14.1. The fourth-order valence-corrected chi connectivity index (χ4v) is 7.00. The Bertz CT molecular complexity index is 2190. The minimum atomic E-state index is -0.941. The molecular formula is C38H54N16O3. The van der Waals surface area contributed by atoms with Gasteiger partial charge in [0.2, 0.25) is 0 Å². The SMILES string of the molecule is NC(N)=NCCC[C@H](N)C(=O)c1c2nc(c(C(=O)[C@@H](N)CCCN=C(N)N)c3ccc([nH]3)c(C(=O)[C@@H](N)CCCN=C(N)N)c3nc(cc4ccc1[nH]4)CC3)CC2. The van der Waals surface area contributed by atoms with E-state index in [1.807, 2.05) is 12.1 Å². The number of H-pyrrole nitrogens is 2. The predicted octanol–water partition coefficient (Wildman–Crippen LogP) is -0.424. The van der Waals surface area contributed by atoms with Crippen molar-refractivity contribution in [3.8, 4) is 0 Å². The third kappa shape index (κ3) is 10.8. The molecule has 19 nitrogen and oxygen atoms in total. The van der Waals surface area contributed by atoms with Gasteiger partial charge in [0.25, 0.3) is 0 Å². The van der Waals surface area contributed by atoms with Gasteiger partial charge in [0.05, 0.1) is 68.4 Å². The number of Topliss-reactive ketones (excluding diaryl/α,β-unsaturated/α-hetero) is 3. The molecule has 3 atom stereocenters. The molecular weight excluding hydrogens is 729 g/mol. The highest BCUT2D eigenvalue weighted by Gasteiger charge is 2.29. The number of carbonyl (C=O) groups excluding carboxylic acids is 3. The van der Waals surface area contributed by atoms with Gasteiger partial charge in [-0.25, -0.2) is 0 Å². The summed E-state index contributed by atoms with van der Waals surface area (Å²) < 4.78 is 0. The second kappa shape index (κ2) is 19.1. The number of aromatic nitrogens is 4. The molecule has 0 radical (unpaired) electrons. The molecule has 19 heteroatoms. The molecule has 3 aromatic rings. The molecule has 57 heavy (non-hydrogen) atoms. The molecule has 304 valence electrons. The summed E-state index contributed by atoms with van der Waals surface area (Å²) in [7, 11) is 0. The van der Waals surface area contributed by atoms with Crippen molar-refractivity contribution in [3.05, 3.63) is 69.8 Å². The van der Waals surface area contributed by atoms with Crippen molar-refractivity contribution in [2.24, 2.45) is 66.6 Å². The van der Waals surface area contributed by atoms with E-state index in [1.54, 1.807) is 18.2 Å². The lowest BCUT2D eigenvalue weighted by molar-refractivity contribution is 0.0949. The summed E-state index contributed by atoms with van der Waals surface area (Å²) >= 11 is 0. The van der Waals surface area contributed by atoms with Gasteiger partial charge in [0, 0.05) is 30.8 Å². The lowest BCUT2D eigenvalue weighted by Crippen LogP contribution is -2.32. The van der Waals surface area contributed by atoms with E-state index in [0.29, 0.717) is 128 Å². The van der Waals surface area contributed by atoms with E-state index >= 15 is 0 Å². The third-order valence-corrected chi connectivity index (χ3v) is 9.81. The van der Waals surface area contributed by atoms with Crippen LogP contribution < -0.4 is 51.6 Å². The standard InChI is InChI=1S/C38H54N16O3/c39-21(4-1-15-48-36(42)43)33(55)30-24-9-7-19(51-24)18-20-8-10-25(52-20)31(34(56)22(40)5-2-16-49-37(44)45)27-12-14-29(54-27)32(28-13-11-26(30)53-28)35(57)23(41)6-3-17-50-38(46)47/h7,9,12,14,18,21-23,51,54H,1-6,8,10-11,13,15-17,39-41H2,(H4,42,43,48)(H4,44,45,49)(H4,46,47,50)/t21-,22-,23-/m0/s1. The number of aryl methyl sites for hydroxylation is 4. The molecule has 20 N–H and O–H groups in total. The predicted molar refractivity (Wildman–Crippen MR) is 222 cm³/mol. The van der Waals surface area contributed by atoms with Crippen LogP contribution in [0, 0.1) is 0 Å². The zero-order valence-corrected chi connectivity index (χ0v) is 32.0. The van der Waals surface area contributed by atoms with E-state index in [1.165, 1.54) is 0 Å². The number of nitrogens with two attached hydrogens (primary N) is 9. The van der Waals surface area contributed by atoms with Crippen LogP contribution in [0.5, 0.6) is 0 Å². The molecule has 0 unspecified atom stereocenters. The van der Waals surface area contributed by atoms with Gasteiger partial charge in [0.15, 0.2) is 35.2 Å². The smallest absolute Gasteiger partial charge is 0.185 e. The number of fused-ring (bicyclic) bond motifs is 8. The molecule has 0 amide bonds. The van der Waals surface area contributed by atoms with Gasteiger partial charge in [-0.3, -0.25) is 39.3 Å². The van der Waals surface area contributed by atoms with Gasteiger partial charge in [-0.05, 0) is 94.5 Å². The Morgan fingerprint density at radius 1 is 0.544 bits per heavy atom. The maximum absolute atomic E-state index is 14.4. The fourth-order valence-electron chi connectivity index (χ4n) is 7.00. The molecule has 0 aromatic carbocycles. The van der Waals surface area contributed by atoms with Crippen molar-refractivity contribution in [2.45, 2.75) is 82.3 Å². The van der Waals surface area contributed by atoms with Crippen molar-refractivity contribution in [3.63, 3.8) is 0 Å². The molecule has 2 aliphatic heterocycles. The summed E-state index contributed by atoms with van der Waals surface area (Å²) in [6.07, 6.45) is 4.01. The molecule has 2 aliphatic rings. The topological polar surface area (TPSA) is 380 Å². The summed E-state index contributed by atoms with van der Waals surface area (Å²) in [5.74, 6) is -1.15. The van der Waals surface area contributed by atoms with Gasteiger partial charge >= 0.3 is 0 Å². The van der Waals surface area contributed by atoms with Crippen molar-refractivity contribution in [1.29, 1.82) is 0 Å². The minimum absolute atomic E-state index is 0.0403. The number of aromatic amines is 2. The number of hydrogen-bond acceptors (Lipinski definition) is 11. The number of nitrogens with zero attached hydrogens (tertiary/aromatic N) is 5. The average molecular weight is 783 g/mol. The second-order valence-corrected chi connectivity index (χ2v) is 14.2. The van der Waals surface area contributed by atoms with Crippen LogP contribution >= 0.6 is 0 Å². The second-order valence-electron chi connectivity index (χ2n) is 14.2. The molecule has 5 rings (SSSR count). The van der Waals surface area contributed by atoms with Crippen LogP contribution in [-0.4, -0.2) is 92.9 Å². The maximum Gasteiger partial charge on any atom is 0.185 e. The van der Waals surface area contributed by atoms with Crippen LogP contribution in [0.25, 0.3) is 22.1 Å². The zero-order valence-electron chi connectivity index (χ0n) is 32.0. The van der Waals surface area contributed by atoms with Crippen LogP contribution in [0.1, 0.15) is 92.4 Å². The van der Waals surface area contributed by atoms with Gasteiger partial charge in [-0.2, -0.15) is 0 Å². The lowest BCUT2D eigenvalue weighted by Gasteiger charge is -2.12. The number of aliphatic imine (C=N–C) groups is 3. The Balaban J connectivity index is 1.72. The van der Waals surface area contributed by atoms with E-state index < -0.39 is 18.1 Å². The summed E-state index contributed by atoms with van der Waals surface area (Å²) in [6, 6.07) is 6.27. The molecule has 5 heterocycles. The molecule has 0 fully saturated rings. The first-order valence-corrected chi connectivity index (χ1v) is 19.0. The van der Waals surface area contributed by atoms with Crippen molar-refractivity contribution in [2.75, 3.05) is 19.6 Å². The normalized spacial score (nSPS) is 13.9. The number of hydrogen-bond donors (Lipinski definition) is 11. The first-order chi connectivity index (χ1) is 27.2. The van der Waals surface area contributed by atoms with Crippen LogP contribution in [0.15, 0.2) is 45.3 Å². The summed E-state index contributed by atoms with van der Waals surface area (Å²) in [4.78, 5) is 71.3. The molecule has 0 saturated heterocycles. The number of ketones is 3. The van der Waals surface area contributed by atoms with Crippen molar-refractivity contribution >= 4 is 57.3 Å². The molecule has 0 spiro atoms. The van der Waals surface area contributed by atoms with Crippen LogP contribution in [-0.2, 0) is 25.7 Å². The highest BCUT2D eigenvalue weighted by molar-refractivity contribution is 6.10. The average Bonchev–Trinajstić information content (AvgIpc) is 4.00. The van der Waals surface area contributed by atoms with Crippen LogP contribution in [0.2, 0.25) is 0 Å². The zero-order chi connectivity index (χ0) is 41.2. The highest BCUT2D eigenvalue weighted by Crippen LogP contribution is 2.28. The van der Waals surface area contributed by atoms with Gasteiger partial charge in [0.1, 0.15) is 0 Å². The number of nitrogens with one attached hydrogen (secondary N) is 2. The molecule has 0 aliphatic carbocycles. The summed E-state index contributed by atoms with van der Waals surface area (Å²) in [5, 5.41) is 0. The Hall–Kier alpha value is -6.18. The fraction of sp³-hybridized carbons (Fsp3) is 0.421. The monoisotopic (exact) mass is 782 g/mol. The van der Waals surface area contributed by atoms with E-state index in [0.717, 1.165) is 5.69 Å². The molecule has 3 aromatic heterocycles. The van der Waals surface area contributed by atoms with Gasteiger partial charge in [-0.15, -0.1) is 0 Å². The maximum atomic E-state index is 14.4. The summed E-state index contributed by atoms with van der Waals surface area (Å²) in [6.45, 7) is 0.933. The minimum Gasteiger partial charge on any atom is -0.370 e. The summed E-state index contributed by atoms with van der Waals surface area (Å²) in [5.41, 5.74) is 57.5. The number of carbonyl (C=O) groups is 3. The van der Waals surface area contributed by atoms with Gasteiger partial charge in [-0.1, -0.05) is 0 Å². The molecule has 0 saturated carbocycles. The first-order valence-electron chi connectivity index (χ1n) is 19.0. The van der Waals surface area contributed by atoms with Crippen LogP contribution in [0.3, 0.4) is 0 Å². The largest absolute Gasteiger partial charge is 0.370 e. The quantitative estimate of drug-likeness (QED) is 0.0338. The van der Waals surface area contributed by atoms with Gasteiger partial charge < -0.3 is 61.6 Å². The van der Waals surface area contributed by atoms with E-state index in [9.17, 15) is 14.4 Å². The van der Waals surface area contributed by atoms with E-state index in [2.05, 4.69) is 24.9 Å². The number of rotatable bonds is 18. The third-order valence-electron chi connectivity index (χ3n) is 9.81. The Morgan fingerprint density at radius 3 is 1.33 bits per heavy atom. The first kappa shape index (κ1) is 42.0.